The highest BCUT2D eigenvalue weighted by atomic mass is 32.1. The van der Waals surface area contributed by atoms with Crippen LogP contribution < -0.4 is 16.0 Å². The Hall–Kier alpha value is -3.56. The molecule has 0 aliphatic carbocycles. The number of aryl methyl sites for hydroxylation is 1. The summed E-state index contributed by atoms with van der Waals surface area (Å²) in [6, 6.07) is 12.0. The molecule has 1 fully saturated rings. The SMILES string of the molecule is C=C1CCC(C=O)N1C(=O)/C(=C\C)NCCCc1ccccc1.CCC.CNCc1cc2c(NC)nncc2s1. The lowest BCUT2D eigenvalue weighted by atomic mass is 10.1. The van der Waals surface area contributed by atoms with Crippen molar-refractivity contribution in [2.45, 2.75) is 65.5 Å². The summed E-state index contributed by atoms with van der Waals surface area (Å²) in [5.74, 6) is 0.688. The van der Waals surface area contributed by atoms with Crippen LogP contribution in [0, 0.1) is 0 Å². The number of fused-ring (bicyclic) bond motifs is 1. The Bertz CT molecular complexity index is 1240. The molecule has 1 aromatic carbocycles. The predicted molar refractivity (Wildman–Crippen MR) is 167 cm³/mol. The van der Waals surface area contributed by atoms with Gasteiger partial charge in [-0.1, -0.05) is 63.3 Å². The summed E-state index contributed by atoms with van der Waals surface area (Å²) in [5, 5.41) is 18.5. The van der Waals surface area contributed by atoms with Gasteiger partial charge in [0, 0.05) is 36.1 Å². The maximum Gasteiger partial charge on any atom is 0.274 e. The van der Waals surface area contributed by atoms with E-state index in [2.05, 4.69) is 64.8 Å². The molecule has 2 aromatic heterocycles. The zero-order chi connectivity index (χ0) is 29.3. The zero-order valence-corrected chi connectivity index (χ0v) is 25.3. The van der Waals surface area contributed by atoms with Crippen molar-refractivity contribution in [2.24, 2.45) is 0 Å². The second-order valence-corrected chi connectivity index (χ2v) is 10.5. The molecule has 1 aliphatic rings. The van der Waals surface area contributed by atoms with Crippen LogP contribution in [0.4, 0.5) is 5.82 Å². The third kappa shape index (κ3) is 9.57. The number of hydrogen-bond acceptors (Lipinski definition) is 8. The molecule has 3 aromatic rings. The minimum absolute atomic E-state index is 0.160. The molecule has 1 atom stereocenters. The summed E-state index contributed by atoms with van der Waals surface area (Å²) in [7, 11) is 3.80. The molecule has 1 aliphatic heterocycles. The lowest BCUT2D eigenvalue weighted by molar-refractivity contribution is -0.129. The molecular formula is C31H44N6O2S. The fourth-order valence-corrected chi connectivity index (χ4v) is 5.23. The van der Waals surface area contributed by atoms with Gasteiger partial charge in [0.2, 0.25) is 0 Å². The van der Waals surface area contributed by atoms with E-state index in [1.54, 1.807) is 23.6 Å². The van der Waals surface area contributed by atoms with E-state index in [1.807, 2.05) is 39.2 Å². The number of rotatable bonds is 10. The molecule has 8 nitrogen and oxygen atoms in total. The quantitative estimate of drug-likeness (QED) is 0.165. The fourth-order valence-electron chi connectivity index (χ4n) is 4.19. The normalized spacial score (nSPS) is 14.6. The van der Waals surface area contributed by atoms with Crippen molar-refractivity contribution in [3.8, 4) is 0 Å². The Morgan fingerprint density at radius 1 is 1.23 bits per heavy atom. The molecule has 9 heteroatoms. The van der Waals surface area contributed by atoms with Gasteiger partial charge in [0.15, 0.2) is 5.82 Å². The second-order valence-electron chi connectivity index (χ2n) is 9.37. The molecule has 1 saturated heterocycles. The predicted octanol–water partition coefficient (Wildman–Crippen LogP) is 5.68. The summed E-state index contributed by atoms with van der Waals surface area (Å²) in [5.41, 5.74) is 2.54. The second kappa shape index (κ2) is 17.9. The minimum Gasteiger partial charge on any atom is -0.381 e. The standard InChI is InChI=1S/C19H24N2O2.C9H12N4S.C3H8/c1-3-18(19(23)21-15(2)11-12-17(21)14-22)20-13-7-10-16-8-5-4-6-9-16;1-10-4-6-3-7-8(14-6)5-12-13-9(7)11-2;1-3-2/h3-6,8-9,14,17,20H,2,7,10-13H2,1H3;3,5,10H,4H2,1-2H3,(H,11,13);3H2,1-2H3/b18-3+;;. The maximum atomic E-state index is 12.6. The number of aromatic nitrogens is 2. The Morgan fingerprint density at radius 3 is 2.58 bits per heavy atom. The molecule has 40 heavy (non-hydrogen) atoms. The van der Waals surface area contributed by atoms with E-state index in [-0.39, 0.29) is 11.9 Å². The van der Waals surface area contributed by atoms with Crippen molar-refractivity contribution in [2.75, 3.05) is 26.0 Å². The highest BCUT2D eigenvalue weighted by molar-refractivity contribution is 7.19. The van der Waals surface area contributed by atoms with Gasteiger partial charge < -0.3 is 25.6 Å². The van der Waals surface area contributed by atoms with Gasteiger partial charge in [-0.25, -0.2) is 0 Å². The third-order valence-electron chi connectivity index (χ3n) is 6.08. The topological polar surface area (TPSA) is 99.2 Å². The first kappa shape index (κ1) is 32.7. The number of nitrogens with one attached hydrogen (secondary N) is 3. The van der Waals surface area contributed by atoms with Gasteiger partial charge in [0.1, 0.15) is 6.29 Å². The summed E-state index contributed by atoms with van der Waals surface area (Å²) < 4.78 is 1.18. The molecule has 4 rings (SSSR count). The number of nitrogens with zero attached hydrogens (tertiary/aromatic N) is 3. The molecule has 1 amide bonds. The van der Waals surface area contributed by atoms with Crippen molar-refractivity contribution in [3.63, 3.8) is 0 Å². The van der Waals surface area contributed by atoms with Crippen LogP contribution in [-0.2, 0) is 22.6 Å². The summed E-state index contributed by atoms with van der Waals surface area (Å²) in [6.07, 6.45) is 8.91. The Balaban J connectivity index is 0.000000279. The number of thiophene rings is 1. The molecule has 0 bridgehead atoms. The van der Waals surface area contributed by atoms with E-state index in [0.29, 0.717) is 25.1 Å². The van der Waals surface area contributed by atoms with E-state index >= 15 is 0 Å². The van der Waals surface area contributed by atoms with Gasteiger partial charge >= 0.3 is 0 Å². The number of likely N-dealkylation sites (tertiary alicyclic amines) is 1. The van der Waals surface area contributed by atoms with Crippen LogP contribution in [0.5, 0.6) is 0 Å². The van der Waals surface area contributed by atoms with E-state index in [0.717, 1.165) is 42.6 Å². The lowest BCUT2D eigenvalue weighted by Gasteiger charge is -2.23. The number of aldehydes is 1. The molecular weight excluding hydrogens is 520 g/mol. The minimum atomic E-state index is -0.379. The molecule has 0 spiro atoms. The van der Waals surface area contributed by atoms with Crippen LogP contribution in [0.1, 0.15) is 56.9 Å². The van der Waals surface area contributed by atoms with Crippen molar-refractivity contribution in [1.29, 1.82) is 0 Å². The van der Waals surface area contributed by atoms with Crippen LogP contribution in [0.2, 0.25) is 0 Å². The first-order valence-electron chi connectivity index (χ1n) is 13.9. The monoisotopic (exact) mass is 564 g/mol. The number of allylic oxidation sites excluding steroid dienone is 2. The molecule has 3 heterocycles. The summed E-state index contributed by atoms with van der Waals surface area (Å²) in [6.45, 7) is 11.6. The highest BCUT2D eigenvalue weighted by Gasteiger charge is 2.32. The number of amides is 1. The van der Waals surface area contributed by atoms with Crippen LogP contribution in [0.15, 0.2) is 66.6 Å². The summed E-state index contributed by atoms with van der Waals surface area (Å²) >= 11 is 1.75. The Morgan fingerprint density at radius 2 is 1.95 bits per heavy atom. The van der Waals surface area contributed by atoms with Gasteiger partial charge in [0.05, 0.1) is 22.6 Å². The van der Waals surface area contributed by atoms with E-state index in [9.17, 15) is 9.59 Å². The van der Waals surface area contributed by atoms with Gasteiger partial charge in [-0.15, -0.1) is 16.4 Å². The van der Waals surface area contributed by atoms with Gasteiger partial charge in [-0.3, -0.25) is 4.79 Å². The number of carbonyl (C=O) groups excluding carboxylic acids is 2. The van der Waals surface area contributed by atoms with E-state index < -0.39 is 0 Å². The van der Waals surface area contributed by atoms with Crippen molar-refractivity contribution < 1.29 is 9.59 Å². The number of benzene rings is 1. The van der Waals surface area contributed by atoms with Gasteiger partial charge in [-0.05, 0) is 51.3 Å². The summed E-state index contributed by atoms with van der Waals surface area (Å²) in [4.78, 5) is 26.5. The van der Waals surface area contributed by atoms with Gasteiger partial charge in [-0.2, -0.15) is 5.10 Å². The first-order valence-corrected chi connectivity index (χ1v) is 14.7. The zero-order valence-electron chi connectivity index (χ0n) is 24.5. The lowest BCUT2D eigenvalue weighted by Crippen LogP contribution is -2.39. The largest absolute Gasteiger partial charge is 0.381 e. The first-order chi connectivity index (χ1) is 19.4. The fraction of sp³-hybridized carbons (Fsp3) is 0.419. The van der Waals surface area contributed by atoms with Crippen molar-refractivity contribution >= 4 is 39.4 Å². The molecule has 3 N–H and O–H groups in total. The molecule has 0 radical (unpaired) electrons. The number of hydrogen-bond donors (Lipinski definition) is 3. The van der Waals surface area contributed by atoms with E-state index in [1.165, 1.54) is 26.5 Å². The third-order valence-corrected chi connectivity index (χ3v) is 7.15. The Kier molecular flexibility index (Phi) is 14.6. The maximum absolute atomic E-state index is 12.6. The van der Waals surface area contributed by atoms with E-state index in [4.69, 9.17) is 0 Å². The van der Waals surface area contributed by atoms with Crippen LogP contribution >= 0.6 is 11.3 Å². The van der Waals surface area contributed by atoms with Crippen LogP contribution in [-0.4, -0.2) is 54.0 Å². The Labute approximate surface area is 243 Å². The van der Waals surface area contributed by atoms with Crippen LogP contribution in [0.25, 0.3) is 10.1 Å². The van der Waals surface area contributed by atoms with Gasteiger partial charge in [0.25, 0.3) is 5.91 Å². The molecule has 1 unspecified atom stereocenters. The number of anilines is 1. The van der Waals surface area contributed by atoms with Crippen molar-refractivity contribution in [1.82, 2.24) is 25.7 Å². The average molecular weight is 565 g/mol. The average Bonchev–Trinajstić information content (AvgIpc) is 3.56. The molecule has 216 valence electrons. The number of carbonyl (C=O) groups is 2. The highest BCUT2D eigenvalue weighted by Crippen LogP contribution is 2.29. The molecule has 0 saturated carbocycles. The van der Waals surface area contributed by atoms with Crippen molar-refractivity contribution in [3.05, 3.63) is 77.1 Å². The van der Waals surface area contributed by atoms with Crippen LogP contribution in [0.3, 0.4) is 0 Å². The smallest absolute Gasteiger partial charge is 0.274 e.